The summed E-state index contributed by atoms with van der Waals surface area (Å²) in [5, 5.41) is 7.56. The summed E-state index contributed by atoms with van der Waals surface area (Å²) in [7, 11) is 0. The maximum Gasteiger partial charge on any atom is 0.225 e. The third kappa shape index (κ3) is 4.15. The van der Waals surface area contributed by atoms with Crippen LogP contribution in [0.5, 0.6) is 0 Å². The lowest BCUT2D eigenvalue weighted by atomic mass is 9.81. The van der Waals surface area contributed by atoms with Crippen LogP contribution in [0.2, 0.25) is 0 Å². The zero-order valence-electron chi connectivity index (χ0n) is 15.8. The second-order valence-electron chi connectivity index (χ2n) is 7.91. The van der Waals surface area contributed by atoms with Gasteiger partial charge in [0.25, 0.3) is 0 Å². The quantitative estimate of drug-likeness (QED) is 0.787. The van der Waals surface area contributed by atoms with Crippen molar-refractivity contribution in [3.05, 3.63) is 12.7 Å². The van der Waals surface area contributed by atoms with E-state index in [4.69, 9.17) is 4.74 Å². The first-order valence-electron chi connectivity index (χ1n) is 10.2. The molecule has 4 rings (SSSR count). The lowest BCUT2D eigenvalue weighted by molar-refractivity contribution is -0.156. The van der Waals surface area contributed by atoms with Crippen LogP contribution >= 0.6 is 0 Å². The van der Waals surface area contributed by atoms with E-state index in [1.54, 1.807) is 12.7 Å². The van der Waals surface area contributed by atoms with Gasteiger partial charge in [-0.15, -0.1) is 10.2 Å². The number of piperidine rings is 1. The minimum Gasteiger partial charge on any atom is -0.374 e. The second-order valence-corrected chi connectivity index (χ2v) is 7.91. The third-order valence-electron chi connectivity index (χ3n) is 6.21. The first-order valence-corrected chi connectivity index (χ1v) is 10.2. The van der Waals surface area contributed by atoms with Gasteiger partial charge in [-0.1, -0.05) is 0 Å². The molecule has 8 nitrogen and oxygen atoms in total. The predicted molar refractivity (Wildman–Crippen MR) is 97.7 cm³/mol. The van der Waals surface area contributed by atoms with Crippen molar-refractivity contribution in [2.45, 2.75) is 63.6 Å². The Labute approximate surface area is 159 Å². The molecule has 1 aromatic heterocycles. The van der Waals surface area contributed by atoms with Gasteiger partial charge in [-0.05, 0) is 38.5 Å². The highest BCUT2D eigenvalue weighted by atomic mass is 16.5. The van der Waals surface area contributed by atoms with Crippen LogP contribution < -0.4 is 0 Å². The number of aryl methyl sites for hydroxylation is 1. The summed E-state index contributed by atoms with van der Waals surface area (Å²) < 4.78 is 7.76. The van der Waals surface area contributed by atoms with E-state index in [2.05, 4.69) is 10.2 Å². The summed E-state index contributed by atoms with van der Waals surface area (Å²) >= 11 is 0. The molecule has 0 spiro atoms. The Morgan fingerprint density at radius 1 is 1.04 bits per heavy atom. The molecule has 0 radical (unpaired) electrons. The van der Waals surface area contributed by atoms with Gasteiger partial charge in [0, 0.05) is 38.5 Å². The van der Waals surface area contributed by atoms with Crippen LogP contribution in [0.4, 0.5) is 0 Å². The van der Waals surface area contributed by atoms with Crippen molar-refractivity contribution in [3.8, 4) is 0 Å². The molecule has 3 atom stereocenters. The number of fused-ring (bicyclic) bond motifs is 1. The maximum absolute atomic E-state index is 12.9. The number of carbonyl (C=O) groups excluding carboxylic acids is 2. The van der Waals surface area contributed by atoms with Crippen molar-refractivity contribution >= 4 is 11.8 Å². The third-order valence-corrected chi connectivity index (χ3v) is 6.21. The average Bonchev–Trinajstić information content (AvgIpc) is 3.25. The molecule has 1 aliphatic carbocycles. The molecule has 2 saturated heterocycles. The van der Waals surface area contributed by atoms with Crippen LogP contribution in [0.1, 0.15) is 44.9 Å². The lowest BCUT2D eigenvalue weighted by Crippen LogP contribution is -2.57. The van der Waals surface area contributed by atoms with Crippen molar-refractivity contribution in [3.63, 3.8) is 0 Å². The van der Waals surface area contributed by atoms with Crippen LogP contribution in [0, 0.1) is 5.92 Å². The highest BCUT2D eigenvalue weighted by Gasteiger charge is 2.42. The van der Waals surface area contributed by atoms with Gasteiger partial charge in [-0.3, -0.25) is 9.59 Å². The Hall–Kier alpha value is -1.96. The fourth-order valence-electron chi connectivity index (χ4n) is 4.72. The van der Waals surface area contributed by atoms with Crippen LogP contribution in [0.25, 0.3) is 0 Å². The van der Waals surface area contributed by atoms with Gasteiger partial charge in [0.2, 0.25) is 11.8 Å². The molecule has 8 heteroatoms. The van der Waals surface area contributed by atoms with E-state index in [1.807, 2.05) is 14.4 Å². The molecule has 3 fully saturated rings. The van der Waals surface area contributed by atoms with E-state index in [9.17, 15) is 9.59 Å². The number of rotatable bonds is 4. The molecular formula is C19H29N5O3. The highest BCUT2D eigenvalue weighted by Crippen LogP contribution is 2.34. The van der Waals surface area contributed by atoms with Gasteiger partial charge in [0.15, 0.2) is 0 Å². The molecule has 0 bridgehead atoms. The highest BCUT2D eigenvalue weighted by molar-refractivity contribution is 5.80. The zero-order valence-corrected chi connectivity index (χ0v) is 15.8. The fourth-order valence-corrected chi connectivity index (χ4v) is 4.72. The van der Waals surface area contributed by atoms with E-state index in [-0.39, 0.29) is 29.9 Å². The van der Waals surface area contributed by atoms with E-state index < -0.39 is 0 Å². The van der Waals surface area contributed by atoms with Gasteiger partial charge in [0.1, 0.15) is 12.7 Å². The van der Waals surface area contributed by atoms with Crippen molar-refractivity contribution in [2.24, 2.45) is 5.92 Å². The number of hydrogen-bond acceptors (Lipinski definition) is 5. The molecule has 1 aromatic rings. The molecule has 0 N–H and O–H groups in total. The summed E-state index contributed by atoms with van der Waals surface area (Å²) in [4.78, 5) is 29.8. The molecular weight excluding hydrogens is 346 g/mol. The predicted octanol–water partition coefficient (Wildman–Crippen LogP) is 1.08. The van der Waals surface area contributed by atoms with Crippen LogP contribution in [0.15, 0.2) is 12.7 Å². The molecule has 2 amide bonds. The van der Waals surface area contributed by atoms with Crippen LogP contribution in [-0.2, 0) is 20.9 Å². The number of aromatic nitrogens is 3. The molecule has 0 unspecified atom stereocenters. The summed E-state index contributed by atoms with van der Waals surface area (Å²) in [6.07, 6.45) is 9.67. The van der Waals surface area contributed by atoms with Crippen LogP contribution in [-0.4, -0.2) is 74.8 Å². The SMILES string of the molecule is O=C([C@H]1CC[C@H]2OCCN(C(=O)CCn3cnnc3)[C@@H]2C1)N1CCCCC1. The number of amides is 2. The first-order chi connectivity index (χ1) is 13.2. The number of ether oxygens (including phenoxy) is 1. The fraction of sp³-hybridized carbons (Fsp3) is 0.789. The Morgan fingerprint density at radius 3 is 2.59 bits per heavy atom. The first kappa shape index (κ1) is 18.4. The summed E-state index contributed by atoms with van der Waals surface area (Å²) in [5.41, 5.74) is 0. The monoisotopic (exact) mass is 375 g/mol. The largest absolute Gasteiger partial charge is 0.374 e. The Morgan fingerprint density at radius 2 is 1.81 bits per heavy atom. The lowest BCUT2D eigenvalue weighted by Gasteiger charge is -2.46. The summed E-state index contributed by atoms with van der Waals surface area (Å²) in [5.74, 6) is 0.447. The van der Waals surface area contributed by atoms with E-state index >= 15 is 0 Å². The molecule has 3 heterocycles. The average molecular weight is 375 g/mol. The summed E-state index contributed by atoms with van der Waals surface area (Å²) in [6, 6.07) is 0.0275. The normalized spacial score (nSPS) is 28.7. The molecule has 3 aliphatic rings. The minimum absolute atomic E-state index is 0.0270. The molecule has 27 heavy (non-hydrogen) atoms. The van der Waals surface area contributed by atoms with Crippen molar-refractivity contribution < 1.29 is 14.3 Å². The van der Waals surface area contributed by atoms with Crippen molar-refractivity contribution in [1.29, 1.82) is 0 Å². The van der Waals surface area contributed by atoms with E-state index in [0.29, 0.717) is 26.1 Å². The number of likely N-dealkylation sites (tertiary alicyclic amines) is 1. The smallest absolute Gasteiger partial charge is 0.225 e. The molecule has 1 saturated carbocycles. The van der Waals surface area contributed by atoms with Gasteiger partial charge in [-0.25, -0.2) is 0 Å². The van der Waals surface area contributed by atoms with Crippen molar-refractivity contribution in [2.75, 3.05) is 26.2 Å². The Bertz CT molecular complexity index is 644. The minimum atomic E-state index is 0.0270. The van der Waals surface area contributed by atoms with E-state index in [1.165, 1.54) is 6.42 Å². The maximum atomic E-state index is 12.9. The topological polar surface area (TPSA) is 80.6 Å². The van der Waals surface area contributed by atoms with E-state index in [0.717, 1.165) is 45.2 Å². The molecule has 2 aliphatic heterocycles. The Kier molecular flexibility index (Phi) is 5.71. The van der Waals surface area contributed by atoms with Gasteiger partial charge in [-0.2, -0.15) is 0 Å². The number of nitrogens with zero attached hydrogens (tertiary/aromatic N) is 5. The summed E-state index contributed by atoms with van der Waals surface area (Å²) in [6.45, 7) is 3.57. The second kappa shape index (κ2) is 8.37. The molecule has 0 aromatic carbocycles. The van der Waals surface area contributed by atoms with Crippen molar-refractivity contribution in [1.82, 2.24) is 24.6 Å². The zero-order chi connectivity index (χ0) is 18.6. The standard InChI is InChI=1S/C19H29N5O3/c25-18(6-9-22-13-20-21-14-22)24-10-11-27-17-5-4-15(12-16(17)24)19(26)23-7-2-1-3-8-23/h13-17H,1-12H2/t15-,16+,17+/m0/s1. The Balaban J connectivity index is 1.38. The number of hydrogen-bond donors (Lipinski definition) is 0. The van der Waals surface area contributed by atoms with Gasteiger partial charge >= 0.3 is 0 Å². The van der Waals surface area contributed by atoms with Gasteiger partial charge in [0.05, 0.1) is 18.8 Å². The molecule has 148 valence electrons. The number of carbonyl (C=O) groups is 2. The number of morpholine rings is 1. The van der Waals surface area contributed by atoms with Crippen LogP contribution in [0.3, 0.4) is 0 Å². The van der Waals surface area contributed by atoms with Gasteiger partial charge < -0.3 is 19.1 Å².